The molecule has 0 atom stereocenters. The van der Waals surface area contributed by atoms with Crippen LogP contribution in [0.2, 0.25) is 0 Å². The molecule has 5 nitrogen and oxygen atoms in total. The van der Waals surface area contributed by atoms with E-state index in [0.717, 1.165) is 38.9 Å². The Morgan fingerprint density at radius 1 is 0.250 bits per heavy atom. The van der Waals surface area contributed by atoms with Gasteiger partial charge in [0.25, 0.3) is 0 Å². The highest BCUT2D eigenvalue weighted by atomic mass is 15.0. The number of pyridine rings is 2. The Labute approximate surface area is 279 Å². The van der Waals surface area contributed by atoms with E-state index in [1.54, 1.807) is 24.8 Å². The van der Waals surface area contributed by atoms with Gasteiger partial charge in [0.05, 0.1) is 0 Å². The molecule has 0 aliphatic rings. The van der Waals surface area contributed by atoms with Crippen LogP contribution in [-0.2, 0) is 0 Å². The lowest BCUT2D eigenvalue weighted by molar-refractivity contribution is 1.07. The van der Waals surface area contributed by atoms with Gasteiger partial charge in [-0.2, -0.15) is 0 Å². The molecule has 0 aliphatic carbocycles. The monoisotopic (exact) mass is 615 g/mol. The molecule has 0 saturated heterocycles. The predicted octanol–water partition coefficient (Wildman–Crippen LogP) is 10.3. The summed E-state index contributed by atoms with van der Waals surface area (Å²) in [5.74, 6) is 1.72. The molecule has 8 rings (SSSR count). The molecule has 0 saturated carbocycles. The van der Waals surface area contributed by atoms with Gasteiger partial charge >= 0.3 is 0 Å². The second-order valence-electron chi connectivity index (χ2n) is 11.5. The summed E-state index contributed by atoms with van der Waals surface area (Å²) in [5, 5.41) is 0. The highest BCUT2D eigenvalue weighted by molar-refractivity contribution is 5.79. The molecule has 0 fully saturated rings. The number of benzene rings is 5. The third-order valence-electron chi connectivity index (χ3n) is 8.31. The van der Waals surface area contributed by atoms with Crippen molar-refractivity contribution < 1.29 is 0 Å². The number of nitrogens with zero attached hydrogens (tertiary/aromatic N) is 5. The molecule has 0 unspecified atom stereocenters. The van der Waals surface area contributed by atoms with E-state index in [1.165, 1.54) is 22.3 Å². The Morgan fingerprint density at radius 2 is 0.583 bits per heavy atom. The van der Waals surface area contributed by atoms with Crippen molar-refractivity contribution in [3.8, 4) is 78.7 Å². The van der Waals surface area contributed by atoms with Crippen LogP contribution in [0.25, 0.3) is 78.7 Å². The minimum absolute atomic E-state index is 0.564. The van der Waals surface area contributed by atoms with Crippen molar-refractivity contribution in [1.82, 2.24) is 24.9 Å². The lowest BCUT2D eigenvalue weighted by atomic mass is 9.95. The van der Waals surface area contributed by atoms with Crippen molar-refractivity contribution in [3.05, 3.63) is 176 Å². The Kier molecular flexibility index (Phi) is 7.83. The molecule has 226 valence electrons. The van der Waals surface area contributed by atoms with Crippen LogP contribution >= 0.6 is 0 Å². The van der Waals surface area contributed by atoms with Crippen LogP contribution < -0.4 is 0 Å². The zero-order valence-corrected chi connectivity index (χ0v) is 26.0. The lowest BCUT2D eigenvalue weighted by Gasteiger charge is -2.11. The Hall–Kier alpha value is -6.59. The predicted molar refractivity (Wildman–Crippen MR) is 193 cm³/mol. The second-order valence-corrected chi connectivity index (χ2v) is 11.5. The van der Waals surface area contributed by atoms with E-state index < -0.39 is 0 Å². The van der Waals surface area contributed by atoms with Crippen molar-refractivity contribution in [2.75, 3.05) is 0 Å². The van der Waals surface area contributed by atoms with Gasteiger partial charge in [-0.25, -0.2) is 15.0 Å². The summed E-state index contributed by atoms with van der Waals surface area (Å²) < 4.78 is 0. The quantitative estimate of drug-likeness (QED) is 0.178. The fourth-order valence-corrected chi connectivity index (χ4v) is 5.83. The van der Waals surface area contributed by atoms with E-state index in [4.69, 9.17) is 15.0 Å². The molecule has 3 heterocycles. The van der Waals surface area contributed by atoms with Gasteiger partial charge in [0, 0.05) is 41.5 Å². The van der Waals surface area contributed by atoms with Crippen LogP contribution in [0.15, 0.2) is 176 Å². The highest BCUT2D eigenvalue weighted by Gasteiger charge is 2.13. The smallest absolute Gasteiger partial charge is 0.165 e. The molecule has 8 aromatic rings. The zero-order valence-electron chi connectivity index (χ0n) is 26.0. The Bertz CT molecular complexity index is 2260. The van der Waals surface area contributed by atoms with Crippen molar-refractivity contribution >= 4 is 0 Å². The number of hydrogen-bond acceptors (Lipinski definition) is 5. The topological polar surface area (TPSA) is 64.5 Å². The van der Waals surface area contributed by atoms with E-state index >= 15 is 0 Å². The molecule has 0 bridgehead atoms. The van der Waals surface area contributed by atoms with E-state index in [0.29, 0.717) is 17.5 Å². The van der Waals surface area contributed by atoms with Gasteiger partial charge in [-0.1, -0.05) is 109 Å². The van der Waals surface area contributed by atoms with Gasteiger partial charge in [-0.3, -0.25) is 9.97 Å². The lowest BCUT2D eigenvalue weighted by Crippen LogP contribution is -2.00. The molecule has 3 aromatic heterocycles. The van der Waals surface area contributed by atoms with Crippen molar-refractivity contribution in [2.24, 2.45) is 0 Å². The third kappa shape index (κ3) is 6.13. The van der Waals surface area contributed by atoms with Gasteiger partial charge in [0.1, 0.15) is 0 Å². The molecule has 0 amide bonds. The summed E-state index contributed by atoms with van der Waals surface area (Å²) in [6, 6.07) is 52.7. The third-order valence-corrected chi connectivity index (χ3v) is 8.31. The molecular formula is C43H29N5. The molecular weight excluding hydrogens is 587 g/mol. The number of hydrogen-bond donors (Lipinski definition) is 0. The first-order valence-corrected chi connectivity index (χ1v) is 15.8. The van der Waals surface area contributed by atoms with Gasteiger partial charge in [0.15, 0.2) is 17.5 Å². The SMILES string of the molecule is c1ccc(-c2cccc(-c3ccc(-c4cccc(-c5cccc(-c6nc(-c7cccnc7)nc(-c7cccnc7)n6)c5)c4)cc3)c2)cc1. The van der Waals surface area contributed by atoms with Crippen LogP contribution in [0.3, 0.4) is 0 Å². The maximum Gasteiger partial charge on any atom is 0.165 e. The summed E-state index contributed by atoms with van der Waals surface area (Å²) >= 11 is 0. The van der Waals surface area contributed by atoms with Gasteiger partial charge < -0.3 is 0 Å². The van der Waals surface area contributed by atoms with Crippen molar-refractivity contribution in [1.29, 1.82) is 0 Å². The maximum absolute atomic E-state index is 4.87. The minimum atomic E-state index is 0.564. The van der Waals surface area contributed by atoms with E-state index in [9.17, 15) is 0 Å². The fraction of sp³-hybridized carbons (Fsp3) is 0. The first-order chi connectivity index (χ1) is 23.8. The van der Waals surface area contributed by atoms with E-state index in [1.807, 2.05) is 42.5 Å². The molecule has 0 N–H and O–H groups in total. The Morgan fingerprint density at radius 3 is 1.02 bits per heavy atom. The Balaban J connectivity index is 1.10. The first-order valence-electron chi connectivity index (χ1n) is 15.8. The first kappa shape index (κ1) is 28.9. The largest absolute Gasteiger partial charge is 0.264 e. The summed E-state index contributed by atoms with van der Waals surface area (Å²) in [5.41, 5.74) is 11.9. The van der Waals surface area contributed by atoms with Crippen molar-refractivity contribution in [3.63, 3.8) is 0 Å². The van der Waals surface area contributed by atoms with Crippen LogP contribution in [0.5, 0.6) is 0 Å². The summed E-state index contributed by atoms with van der Waals surface area (Å²) in [6.45, 7) is 0. The van der Waals surface area contributed by atoms with E-state index in [-0.39, 0.29) is 0 Å². The molecule has 5 heteroatoms. The van der Waals surface area contributed by atoms with E-state index in [2.05, 4.69) is 119 Å². The van der Waals surface area contributed by atoms with Crippen LogP contribution in [0.1, 0.15) is 0 Å². The number of rotatable bonds is 7. The molecule has 0 radical (unpaired) electrons. The zero-order chi connectivity index (χ0) is 32.1. The van der Waals surface area contributed by atoms with Gasteiger partial charge in [-0.15, -0.1) is 0 Å². The summed E-state index contributed by atoms with van der Waals surface area (Å²) in [4.78, 5) is 23.1. The summed E-state index contributed by atoms with van der Waals surface area (Å²) in [6.07, 6.45) is 7.01. The fourth-order valence-electron chi connectivity index (χ4n) is 5.83. The van der Waals surface area contributed by atoms with Crippen LogP contribution in [0, 0.1) is 0 Å². The second kappa shape index (κ2) is 13.0. The number of aromatic nitrogens is 5. The van der Waals surface area contributed by atoms with Crippen LogP contribution in [-0.4, -0.2) is 24.9 Å². The normalized spacial score (nSPS) is 10.9. The average Bonchev–Trinajstić information content (AvgIpc) is 3.19. The maximum atomic E-state index is 4.87. The average molecular weight is 616 g/mol. The van der Waals surface area contributed by atoms with Crippen molar-refractivity contribution in [2.45, 2.75) is 0 Å². The molecule has 0 spiro atoms. The van der Waals surface area contributed by atoms with Gasteiger partial charge in [-0.05, 0) is 87.0 Å². The standard InChI is InChI=1S/C43H29N5/c1-2-9-30(10-3-1)33-11-4-12-34(25-33)31-19-21-32(22-20-31)35-13-5-14-36(26-35)37-15-6-16-38(27-37)41-46-42(39-17-7-23-44-28-39)48-43(47-41)40-18-8-24-45-29-40/h1-29H. The van der Waals surface area contributed by atoms with Crippen LogP contribution in [0.4, 0.5) is 0 Å². The molecule has 48 heavy (non-hydrogen) atoms. The molecule has 5 aromatic carbocycles. The summed E-state index contributed by atoms with van der Waals surface area (Å²) in [7, 11) is 0. The molecule has 0 aliphatic heterocycles. The minimum Gasteiger partial charge on any atom is -0.264 e. The van der Waals surface area contributed by atoms with Gasteiger partial charge in [0.2, 0.25) is 0 Å². The highest BCUT2D eigenvalue weighted by Crippen LogP contribution is 2.32.